The maximum Gasteiger partial charge on any atom is 0.162 e. The molecule has 1 aromatic rings. The van der Waals surface area contributed by atoms with E-state index in [-0.39, 0.29) is 0 Å². The van der Waals surface area contributed by atoms with E-state index in [9.17, 15) is 0 Å². The van der Waals surface area contributed by atoms with Gasteiger partial charge in [-0.25, -0.2) is 0 Å². The predicted molar refractivity (Wildman–Crippen MR) is 83.4 cm³/mol. The molecule has 1 saturated carbocycles. The fourth-order valence-electron chi connectivity index (χ4n) is 2.99. The zero-order valence-electron chi connectivity index (χ0n) is 10.8. The van der Waals surface area contributed by atoms with Crippen LogP contribution in [0.25, 0.3) is 0 Å². The topological polar surface area (TPSA) is 18.5 Å². The molecule has 19 heavy (non-hydrogen) atoms. The minimum absolute atomic E-state index is 0.390. The Labute approximate surface area is 131 Å². The highest BCUT2D eigenvalue weighted by Gasteiger charge is 2.23. The third-order valence-corrected chi connectivity index (χ3v) is 5.57. The molecule has 0 aromatic heterocycles. The Morgan fingerprint density at radius 3 is 2.42 bits per heavy atom. The Morgan fingerprint density at radius 2 is 1.74 bits per heavy atom. The Morgan fingerprint density at radius 1 is 1.11 bits per heavy atom. The summed E-state index contributed by atoms with van der Waals surface area (Å²) in [5.74, 6) is 2.59. The number of rotatable bonds is 3. The third-order valence-electron chi connectivity index (χ3n) is 4.01. The van der Waals surface area contributed by atoms with Gasteiger partial charge in [0.05, 0.1) is 0 Å². The first-order valence-corrected chi connectivity index (χ1v) is 8.68. The molecule has 2 aliphatic rings. The highest BCUT2D eigenvalue weighted by atomic mass is 79.9. The quantitative estimate of drug-likeness (QED) is 0.658. The van der Waals surface area contributed by atoms with Crippen molar-refractivity contribution in [3.05, 3.63) is 22.2 Å². The lowest BCUT2D eigenvalue weighted by molar-refractivity contribution is 0.171. The summed E-state index contributed by atoms with van der Waals surface area (Å²) >= 11 is 7.51. The number of hydrogen-bond donors (Lipinski definition) is 0. The molecule has 0 amide bonds. The van der Waals surface area contributed by atoms with E-state index in [1.807, 2.05) is 6.07 Å². The number of halogens is 2. The highest BCUT2D eigenvalue weighted by molar-refractivity contribution is 9.11. The summed E-state index contributed by atoms with van der Waals surface area (Å²) in [5, 5.41) is 0. The van der Waals surface area contributed by atoms with E-state index in [4.69, 9.17) is 9.47 Å². The first kappa shape index (κ1) is 13.7. The smallest absolute Gasteiger partial charge is 0.162 e. The predicted octanol–water partition coefficient (Wildman–Crippen LogP) is 5.24. The van der Waals surface area contributed by atoms with Gasteiger partial charge < -0.3 is 9.47 Å². The Kier molecular flexibility index (Phi) is 4.37. The monoisotopic (exact) mass is 388 g/mol. The van der Waals surface area contributed by atoms with Crippen molar-refractivity contribution in [1.82, 2.24) is 0 Å². The van der Waals surface area contributed by atoms with Crippen LogP contribution in [-0.2, 0) is 0 Å². The van der Waals surface area contributed by atoms with E-state index in [1.54, 1.807) is 0 Å². The lowest BCUT2D eigenvalue weighted by atomic mass is 9.98. The molecule has 0 saturated heterocycles. The van der Waals surface area contributed by atoms with Crippen molar-refractivity contribution in [1.29, 1.82) is 0 Å². The molecule has 1 aliphatic heterocycles. The van der Waals surface area contributed by atoms with Crippen molar-refractivity contribution in [2.45, 2.75) is 36.9 Å². The van der Waals surface area contributed by atoms with Crippen molar-refractivity contribution in [2.75, 3.05) is 13.2 Å². The third kappa shape index (κ3) is 3.10. The molecule has 1 heterocycles. The maximum atomic E-state index is 5.67. The molecule has 1 unspecified atom stereocenters. The van der Waals surface area contributed by atoms with Gasteiger partial charge in [-0.2, -0.15) is 0 Å². The molecule has 0 spiro atoms. The van der Waals surface area contributed by atoms with E-state index in [2.05, 4.69) is 37.9 Å². The van der Waals surface area contributed by atoms with Crippen molar-refractivity contribution >= 4 is 31.9 Å². The van der Waals surface area contributed by atoms with Gasteiger partial charge in [-0.05, 0) is 30.0 Å². The van der Waals surface area contributed by atoms with Gasteiger partial charge in [0.1, 0.15) is 13.2 Å². The zero-order valence-corrected chi connectivity index (χ0v) is 14.0. The number of hydrogen-bond acceptors (Lipinski definition) is 2. The van der Waals surface area contributed by atoms with Crippen LogP contribution in [0, 0.1) is 5.92 Å². The minimum atomic E-state index is 0.390. The summed E-state index contributed by atoms with van der Waals surface area (Å²) in [7, 11) is 0. The molecule has 1 aliphatic carbocycles. The number of benzene rings is 1. The maximum absolute atomic E-state index is 5.67. The normalized spacial score (nSPS) is 20.5. The average Bonchev–Trinajstić information content (AvgIpc) is 2.90. The first-order chi connectivity index (χ1) is 9.24. The van der Waals surface area contributed by atoms with Crippen LogP contribution in [0.2, 0.25) is 0 Å². The molecule has 3 rings (SSSR count). The second-order valence-electron chi connectivity index (χ2n) is 5.37. The Balaban J connectivity index is 1.78. The van der Waals surface area contributed by atoms with E-state index in [1.165, 1.54) is 37.7 Å². The molecule has 0 radical (unpaired) electrons. The van der Waals surface area contributed by atoms with E-state index in [0.29, 0.717) is 18.0 Å². The molecular weight excluding hydrogens is 372 g/mol. The molecule has 1 fully saturated rings. The number of alkyl halides is 1. The van der Waals surface area contributed by atoms with E-state index < -0.39 is 0 Å². The molecular formula is C15H18Br2O2. The van der Waals surface area contributed by atoms with Crippen LogP contribution >= 0.6 is 31.9 Å². The zero-order chi connectivity index (χ0) is 13.2. The molecule has 2 nitrogen and oxygen atoms in total. The van der Waals surface area contributed by atoms with Crippen LogP contribution in [0.3, 0.4) is 0 Å². The fourth-order valence-corrected chi connectivity index (χ4v) is 4.80. The largest absolute Gasteiger partial charge is 0.486 e. The second-order valence-corrected chi connectivity index (χ2v) is 7.33. The summed E-state index contributed by atoms with van der Waals surface area (Å²) in [4.78, 5) is 0.390. The van der Waals surface area contributed by atoms with E-state index in [0.717, 1.165) is 21.9 Å². The van der Waals surface area contributed by atoms with Crippen LogP contribution < -0.4 is 9.47 Å². The van der Waals surface area contributed by atoms with Crippen LogP contribution in [0.4, 0.5) is 0 Å². The van der Waals surface area contributed by atoms with Gasteiger partial charge in [0.2, 0.25) is 0 Å². The summed E-state index contributed by atoms with van der Waals surface area (Å²) in [5.41, 5.74) is 1.27. The standard InChI is InChI=1S/C15H18Br2O2/c16-12(7-10-3-1-2-4-10)11-8-14-15(9-13(11)17)19-6-5-18-14/h8-10,12H,1-7H2. The summed E-state index contributed by atoms with van der Waals surface area (Å²) in [6.45, 7) is 1.28. The lowest BCUT2D eigenvalue weighted by Gasteiger charge is -2.22. The van der Waals surface area contributed by atoms with Crippen molar-refractivity contribution in [3.8, 4) is 11.5 Å². The second kappa shape index (κ2) is 6.04. The van der Waals surface area contributed by atoms with Crippen LogP contribution in [-0.4, -0.2) is 13.2 Å². The van der Waals surface area contributed by atoms with Crippen LogP contribution in [0.1, 0.15) is 42.5 Å². The summed E-state index contributed by atoms with van der Waals surface area (Å²) in [6, 6.07) is 4.15. The van der Waals surface area contributed by atoms with Gasteiger partial charge >= 0.3 is 0 Å². The summed E-state index contributed by atoms with van der Waals surface area (Å²) in [6.07, 6.45) is 6.76. The Bertz CT molecular complexity index is 456. The average molecular weight is 390 g/mol. The molecule has 4 heteroatoms. The van der Waals surface area contributed by atoms with Gasteiger partial charge in [0, 0.05) is 9.30 Å². The lowest BCUT2D eigenvalue weighted by Crippen LogP contribution is -2.15. The number of fused-ring (bicyclic) bond motifs is 1. The van der Waals surface area contributed by atoms with Gasteiger partial charge in [-0.3, -0.25) is 0 Å². The van der Waals surface area contributed by atoms with Gasteiger partial charge in [0.25, 0.3) is 0 Å². The van der Waals surface area contributed by atoms with Gasteiger partial charge in [-0.15, -0.1) is 0 Å². The highest BCUT2D eigenvalue weighted by Crippen LogP contribution is 2.44. The van der Waals surface area contributed by atoms with Crippen LogP contribution in [0.15, 0.2) is 16.6 Å². The Hall–Kier alpha value is -0.220. The fraction of sp³-hybridized carbons (Fsp3) is 0.600. The molecule has 1 aromatic carbocycles. The minimum Gasteiger partial charge on any atom is -0.486 e. The molecule has 104 valence electrons. The van der Waals surface area contributed by atoms with Gasteiger partial charge in [0.15, 0.2) is 11.5 Å². The van der Waals surface area contributed by atoms with Crippen LogP contribution in [0.5, 0.6) is 11.5 Å². The van der Waals surface area contributed by atoms with E-state index >= 15 is 0 Å². The molecule has 1 atom stereocenters. The SMILES string of the molecule is Brc1cc2c(cc1C(Br)CC1CCCC1)OCCO2. The van der Waals surface area contributed by atoms with Crippen molar-refractivity contribution < 1.29 is 9.47 Å². The van der Waals surface area contributed by atoms with Crippen molar-refractivity contribution in [3.63, 3.8) is 0 Å². The molecule has 0 N–H and O–H groups in total. The summed E-state index contributed by atoms with van der Waals surface area (Å²) < 4.78 is 12.4. The number of ether oxygens (including phenoxy) is 2. The first-order valence-electron chi connectivity index (χ1n) is 6.97. The van der Waals surface area contributed by atoms with Gasteiger partial charge in [-0.1, -0.05) is 57.5 Å². The molecule has 0 bridgehead atoms. The van der Waals surface area contributed by atoms with Crippen molar-refractivity contribution in [2.24, 2.45) is 5.92 Å².